The lowest BCUT2D eigenvalue weighted by Crippen LogP contribution is -2.39. The summed E-state index contributed by atoms with van der Waals surface area (Å²) < 4.78 is 11.4. The van der Waals surface area contributed by atoms with Crippen LogP contribution in [0.1, 0.15) is 168 Å². The second-order valence-electron chi connectivity index (χ2n) is 13.4. The van der Waals surface area contributed by atoms with Gasteiger partial charge in [0.15, 0.2) is 0 Å². The second kappa shape index (κ2) is 34.3. The Hall–Kier alpha value is -1.54. The minimum Gasteiger partial charge on any atom is -0.461 e. The molecule has 0 N–H and O–H groups in total. The zero-order valence-corrected chi connectivity index (χ0v) is 32.2. The third-order valence-corrected chi connectivity index (χ3v) is 9.41. The van der Waals surface area contributed by atoms with Crippen LogP contribution >= 0.6 is 11.8 Å². The highest BCUT2D eigenvalue weighted by Crippen LogP contribution is 2.19. The molecular formula is C39H74N2O5S. The molecule has 0 aliphatic rings. The van der Waals surface area contributed by atoms with Crippen LogP contribution in [0.4, 0.5) is 4.79 Å². The first kappa shape index (κ1) is 45.5. The molecule has 47 heavy (non-hydrogen) atoms. The molecule has 0 fully saturated rings. The van der Waals surface area contributed by atoms with E-state index in [1.54, 1.807) is 0 Å². The maximum atomic E-state index is 13.2. The standard InChI is InChI=1S/C39H74N2O5S/c1-6-9-12-15-18-21-24-29-36(30-25-22-19-16-13-10-7-2)46-38(43)35-41(39(44)47-33-28-26-31-40(4)5)34-37(42)45-32-27-23-20-17-14-11-8-3/h23,27,36H,6-22,24-26,28-35H2,1-5H3/b27-23-. The molecule has 0 aromatic carbocycles. The van der Waals surface area contributed by atoms with Crippen molar-refractivity contribution < 1.29 is 23.9 Å². The van der Waals surface area contributed by atoms with Gasteiger partial charge in [0, 0.05) is 5.75 Å². The molecule has 0 atom stereocenters. The Kier molecular flexibility index (Phi) is 33.2. The van der Waals surface area contributed by atoms with Gasteiger partial charge in [0.1, 0.15) is 25.8 Å². The van der Waals surface area contributed by atoms with E-state index in [2.05, 4.69) is 25.7 Å². The summed E-state index contributed by atoms with van der Waals surface area (Å²) in [7, 11) is 4.07. The number of nitrogens with zero attached hydrogens (tertiary/aromatic N) is 2. The van der Waals surface area contributed by atoms with Gasteiger partial charge in [0.25, 0.3) is 5.24 Å². The molecule has 0 saturated carbocycles. The van der Waals surface area contributed by atoms with E-state index in [0.717, 1.165) is 70.8 Å². The quantitative estimate of drug-likeness (QED) is 0.0387. The molecule has 1 amide bonds. The molecular weight excluding hydrogens is 609 g/mol. The first-order valence-corrected chi connectivity index (χ1v) is 20.4. The summed E-state index contributed by atoms with van der Waals surface area (Å²) in [5.41, 5.74) is 0. The van der Waals surface area contributed by atoms with Gasteiger partial charge in [-0.1, -0.05) is 141 Å². The van der Waals surface area contributed by atoms with Gasteiger partial charge < -0.3 is 19.3 Å². The fourth-order valence-electron chi connectivity index (χ4n) is 5.48. The number of ether oxygens (including phenoxy) is 2. The smallest absolute Gasteiger partial charge is 0.326 e. The Morgan fingerprint density at radius 3 is 1.68 bits per heavy atom. The van der Waals surface area contributed by atoms with E-state index in [4.69, 9.17) is 9.47 Å². The third kappa shape index (κ3) is 31.5. The van der Waals surface area contributed by atoms with Crippen molar-refractivity contribution in [2.75, 3.05) is 46.1 Å². The number of unbranched alkanes of at least 4 members (excludes halogenated alkanes) is 17. The molecule has 8 heteroatoms. The zero-order valence-electron chi connectivity index (χ0n) is 31.4. The van der Waals surface area contributed by atoms with Gasteiger partial charge in [-0.15, -0.1) is 0 Å². The molecule has 276 valence electrons. The van der Waals surface area contributed by atoms with Gasteiger partial charge in [-0.25, -0.2) is 0 Å². The first-order valence-electron chi connectivity index (χ1n) is 19.4. The van der Waals surface area contributed by atoms with Crippen molar-refractivity contribution in [2.24, 2.45) is 0 Å². The molecule has 0 aliphatic heterocycles. The van der Waals surface area contributed by atoms with Crippen molar-refractivity contribution in [3.63, 3.8) is 0 Å². The van der Waals surface area contributed by atoms with Crippen molar-refractivity contribution >= 4 is 28.9 Å². The molecule has 0 aliphatic carbocycles. The number of hydrogen-bond acceptors (Lipinski definition) is 7. The molecule has 0 rings (SSSR count). The van der Waals surface area contributed by atoms with E-state index in [0.29, 0.717) is 5.75 Å². The van der Waals surface area contributed by atoms with Crippen LogP contribution in [0.25, 0.3) is 0 Å². The Labute approximate surface area is 294 Å². The summed E-state index contributed by atoms with van der Waals surface area (Å²) in [4.78, 5) is 42.6. The second-order valence-corrected chi connectivity index (χ2v) is 14.5. The molecule has 0 unspecified atom stereocenters. The molecule has 0 radical (unpaired) electrons. The first-order chi connectivity index (χ1) is 22.8. The Morgan fingerprint density at radius 1 is 0.617 bits per heavy atom. The lowest BCUT2D eigenvalue weighted by molar-refractivity contribution is -0.151. The Bertz CT molecular complexity index is 758. The molecule has 7 nitrogen and oxygen atoms in total. The summed E-state index contributed by atoms with van der Waals surface area (Å²) in [6, 6.07) is 0. The summed E-state index contributed by atoms with van der Waals surface area (Å²) in [5.74, 6) is -0.285. The predicted octanol–water partition coefficient (Wildman–Crippen LogP) is 10.7. The van der Waals surface area contributed by atoms with E-state index in [-0.39, 0.29) is 31.0 Å². The van der Waals surface area contributed by atoms with E-state index in [1.807, 2.05) is 26.2 Å². The van der Waals surface area contributed by atoms with Crippen LogP contribution in [0, 0.1) is 0 Å². The maximum Gasteiger partial charge on any atom is 0.326 e. The zero-order chi connectivity index (χ0) is 34.8. The van der Waals surface area contributed by atoms with Crippen molar-refractivity contribution in [1.29, 1.82) is 0 Å². The van der Waals surface area contributed by atoms with Crippen molar-refractivity contribution in [3.05, 3.63) is 12.2 Å². The number of amides is 1. The average Bonchev–Trinajstić information content (AvgIpc) is 3.04. The molecule has 0 saturated heterocycles. The summed E-state index contributed by atoms with van der Waals surface area (Å²) in [6.45, 7) is 7.33. The number of thioether (sulfide) groups is 1. The normalized spacial score (nSPS) is 11.6. The lowest BCUT2D eigenvalue weighted by Gasteiger charge is -2.23. The number of carbonyl (C=O) groups is 3. The van der Waals surface area contributed by atoms with Gasteiger partial charge >= 0.3 is 11.9 Å². The number of allylic oxidation sites excluding steroid dienone is 1. The van der Waals surface area contributed by atoms with Gasteiger partial charge in [-0.05, 0) is 72.0 Å². The fraction of sp³-hybridized carbons (Fsp3) is 0.872. The van der Waals surface area contributed by atoms with E-state index < -0.39 is 11.9 Å². The Morgan fingerprint density at radius 2 is 1.13 bits per heavy atom. The van der Waals surface area contributed by atoms with Crippen LogP contribution in [0.5, 0.6) is 0 Å². The summed E-state index contributed by atoms with van der Waals surface area (Å²) in [6.07, 6.45) is 30.2. The fourth-order valence-corrected chi connectivity index (χ4v) is 6.32. The Balaban J connectivity index is 5.09. The van der Waals surface area contributed by atoms with Crippen molar-refractivity contribution in [2.45, 2.75) is 175 Å². The van der Waals surface area contributed by atoms with Gasteiger partial charge in [-0.3, -0.25) is 14.4 Å². The largest absolute Gasteiger partial charge is 0.461 e. The van der Waals surface area contributed by atoms with Crippen molar-refractivity contribution in [3.8, 4) is 0 Å². The average molecular weight is 683 g/mol. The molecule has 0 bridgehead atoms. The van der Waals surface area contributed by atoms with Crippen LogP contribution in [0.15, 0.2) is 12.2 Å². The molecule has 0 spiro atoms. The highest BCUT2D eigenvalue weighted by molar-refractivity contribution is 8.13. The van der Waals surface area contributed by atoms with Crippen LogP contribution < -0.4 is 0 Å². The molecule has 0 aromatic heterocycles. The van der Waals surface area contributed by atoms with Gasteiger partial charge in [0.2, 0.25) is 0 Å². The van der Waals surface area contributed by atoms with E-state index in [9.17, 15) is 14.4 Å². The monoisotopic (exact) mass is 683 g/mol. The van der Waals surface area contributed by atoms with E-state index in [1.165, 1.54) is 100 Å². The topological polar surface area (TPSA) is 76.1 Å². The van der Waals surface area contributed by atoms with Gasteiger partial charge in [-0.2, -0.15) is 0 Å². The van der Waals surface area contributed by atoms with Crippen LogP contribution in [0.3, 0.4) is 0 Å². The minimum atomic E-state index is -0.502. The van der Waals surface area contributed by atoms with Crippen molar-refractivity contribution in [1.82, 2.24) is 9.80 Å². The number of hydrogen-bond donors (Lipinski definition) is 0. The SMILES string of the molecule is CCCCCC/C=C\COC(=O)CN(CC(=O)OC(CCCCCCCCC)CCCCCCCCC)C(=O)SCCCCN(C)C. The lowest BCUT2D eigenvalue weighted by atomic mass is 10.0. The minimum absolute atomic E-state index is 0.140. The number of esters is 2. The van der Waals surface area contributed by atoms with Crippen LogP contribution in [-0.4, -0.2) is 79.2 Å². The third-order valence-electron chi connectivity index (χ3n) is 8.41. The number of carbonyl (C=O) groups excluding carboxylic acids is 3. The predicted molar refractivity (Wildman–Crippen MR) is 201 cm³/mol. The maximum absolute atomic E-state index is 13.2. The summed E-state index contributed by atoms with van der Waals surface area (Å²) in [5, 5.41) is -0.272. The van der Waals surface area contributed by atoms with Crippen LogP contribution in [-0.2, 0) is 19.1 Å². The highest BCUT2D eigenvalue weighted by Gasteiger charge is 2.24. The van der Waals surface area contributed by atoms with Gasteiger partial charge in [0.05, 0.1) is 0 Å². The molecule has 0 aromatic rings. The molecule has 0 heterocycles. The highest BCUT2D eigenvalue weighted by atomic mass is 32.2. The number of rotatable bonds is 33. The van der Waals surface area contributed by atoms with Crippen LogP contribution in [0.2, 0.25) is 0 Å². The summed E-state index contributed by atoms with van der Waals surface area (Å²) >= 11 is 1.17. The van der Waals surface area contributed by atoms with E-state index >= 15 is 0 Å².